The van der Waals surface area contributed by atoms with Gasteiger partial charge in [0.05, 0.1) is 43.7 Å². The van der Waals surface area contributed by atoms with Gasteiger partial charge in [0.15, 0.2) is 4.80 Å². The van der Waals surface area contributed by atoms with Crippen LogP contribution in [0.1, 0.15) is 31.0 Å². The molecule has 8 nitrogen and oxygen atoms in total. The molecule has 182 valence electrons. The minimum Gasteiger partial charge on any atom is -0.497 e. The van der Waals surface area contributed by atoms with Gasteiger partial charge in [-0.2, -0.15) is 0 Å². The van der Waals surface area contributed by atoms with E-state index < -0.39 is 12.0 Å². The van der Waals surface area contributed by atoms with Gasteiger partial charge < -0.3 is 18.9 Å². The number of benzene rings is 2. The van der Waals surface area contributed by atoms with Gasteiger partial charge in [0, 0.05) is 11.1 Å². The molecule has 0 fully saturated rings. The van der Waals surface area contributed by atoms with Crippen LogP contribution < -0.4 is 29.1 Å². The maximum atomic E-state index is 13.8. The molecule has 2 aromatic carbocycles. The van der Waals surface area contributed by atoms with Crippen molar-refractivity contribution >= 4 is 23.4 Å². The summed E-state index contributed by atoms with van der Waals surface area (Å²) in [5.74, 6) is 1.27. The number of carbonyl (C=O) groups is 1. The molecule has 1 atom stereocenters. The highest BCUT2D eigenvalue weighted by molar-refractivity contribution is 7.07. The summed E-state index contributed by atoms with van der Waals surface area (Å²) in [6, 6.07) is 11.9. The average Bonchev–Trinajstić information content (AvgIpc) is 3.17. The zero-order valence-corrected chi connectivity index (χ0v) is 21.0. The molecule has 9 heteroatoms. The molecule has 0 saturated heterocycles. The molecule has 0 radical (unpaired) electrons. The SMILES string of the molecule is CCOC(=O)C1=C(C)N=c2s/c(=C\c3cc(OC)ccc3OC)c(=O)n2[C@@H]1c1ccccc1OC. The first-order chi connectivity index (χ1) is 16.9. The molecular formula is C26H26N2O6S. The van der Waals surface area contributed by atoms with Crippen molar-refractivity contribution in [1.29, 1.82) is 0 Å². The Balaban J connectivity index is 2.00. The molecule has 1 aromatic heterocycles. The minimum absolute atomic E-state index is 0.203. The van der Waals surface area contributed by atoms with E-state index in [2.05, 4.69) is 4.99 Å². The van der Waals surface area contributed by atoms with Crippen molar-refractivity contribution in [3.63, 3.8) is 0 Å². The van der Waals surface area contributed by atoms with E-state index in [0.29, 0.717) is 49.0 Å². The van der Waals surface area contributed by atoms with Gasteiger partial charge in [-0.05, 0) is 44.2 Å². The van der Waals surface area contributed by atoms with Crippen LogP contribution in [0, 0.1) is 0 Å². The van der Waals surface area contributed by atoms with Gasteiger partial charge in [0.25, 0.3) is 5.56 Å². The summed E-state index contributed by atoms with van der Waals surface area (Å²) >= 11 is 1.24. The number of rotatable bonds is 7. The van der Waals surface area contributed by atoms with Crippen LogP contribution in [0.5, 0.6) is 17.2 Å². The first-order valence-corrected chi connectivity index (χ1v) is 11.8. The van der Waals surface area contributed by atoms with E-state index >= 15 is 0 Å². The second-order valence-corrected chi connectivity index (χ2v) is 8.66. The molecule has 2 heterocycles. The number of nitrogens with zero attached hydrogens (tertiary/aromatic N) is 2. The summed E-state index contributed by atoms with van der Waals surface area (Å²) in [7, 11) is 4.70. The fraction of sp³-hybridized carbons (Fsp3) is 0.269. The highest BCUT2D eigenvalue weighted by Crippen LogP contribution is 2.35. The molecule has 0 unspecified atom stereocenters. The molecule has 0 N–H and O–H groups in total. The summed E-state index contributed by atoms with van der Waals surface area (Å²) in [6.45, 7) is 3.69. The fourth-order valence-corrected chi connectivity index (χ4v) is 5.11. The van der Waals surface area contributed by atoms with Gasteiger partial charge in [0.2, 0.25) is 0 Å². The largest absolute Gasteiger partial charge is 0.497 e. The lowest BCUT2D eigenvalue weighted by Crippen LogP contribution is -2.40. The zero-order valence-electron chi connectivity index (χ0n) is 20.2. The summed E-state index contributed by atoms with van der Waals surface area (Å²) in [5, 5.41) is 0. The van der Waals surface area contributed by atoms with E-state index in [1.54, 1.807) is 65.5 Å². The number of allylic oxidation sites excluding steroid dienone is 1. The van der Waals surface area contributed by atoms with Crippen LogP contribution in [-0.2, 0) is 9.53 Å². The number of esters is 1. The van der Waals surface area contributed by atoms with Crippen molar-refractivity contribution in [3.05, 3.63) is 84.5 Å². The van der Waals surface area contributed by atoms with E-state index in [9.17, 15) is 9.59 Å². The van der Waals surface area contributed by atoms with Gasteiger partial charge in [-0.3, -0.25) is 9.36 Å². The highest BCUT2D eigenvalue weighted by Gasteiger charge is 2.34. The average molecular weight is 495 g/mol. The standard InChI is InChI=1S/C26H26N2O6S/c1-6-34-25(30)22-15(2)27-26-28(23(22)18-9-7-8-10-20(18)33-5)24(29)21(35-26)14-16-13-17(31-3)11-12-19(16)32-4/h7-14,23H,6H2,1-5H3/b21-14-/t23-/m1/s1. The molecule has 0 aliphatic carbocycles. The predicted octanol–water partition coefficient (Wildman–Crippen LogP) is 2.82. The van der Waals surface area contributed by atoms with Crippen molar-refractivity contribution in [2.45, 2.75) is 19.9 Å². The van der Waals surface area contributed by atoms with Crippen molar-refractivity contribution in [2.24, 2.45) is 4.99 Å². The Kier molecular flexibility index (Phi) is 7.07. The lowest BCUT2D eigenvalue weighted by Gasteiger charge is -2.25. The number of fused-ring (bicyclic) bond motifs is 1. The first-order valence-electron chi connectivity index (χ1n) is 11.0. The molecular weight excluding hydrogens is 468 g/mol. The second kappa shape index (κ2) is 10.2. The zero-order chi connectivity index (χ0) is 25.1. The van der Waals surface area contributed by atoms with Gasteiger partial charge in [-0.1, -0.05) is 29.5 Å². The molecule has 0 saturated carbocycles. The summed E-state index contributed by atoms with van der Waals surface area (Å²) < 4.78 is 23.7. The number of hydrogen-bond acceptors (Lipinski definition) is 8. The molecule has 0 bridgehead atoms. The van der Waals surface area contributed by atoms with Crippen LogP contribution in [0.2, 0.25) is 0 Å². The number of para-hydroxylation sites is 1. The number of aromatic nitrogens is 1. The molecule has 4 rings (SSSR count). The molecule has 1 aliphatic rings. The van der Waals surface area contributed by atoms with E-state index in [1.165, 1.54) is 15.9 Å². The van der Waals surface area contributed by atoms with Crippen molar-refractivity contribution in [3.8, 4) is 17.2 Å². The maximum absolute atomic E-state index is 13.8. The lowest BCUT2D eigenvalue weighted by atomic mass is 9.95. The number of methoxy groups -OCH3 is 3. The third kappa shape index (κ3) is 4.46. The molecule has 1 aliphatic heterocycles. The second-order valence-electron chi connectivity index (χ2n) is 7.65. The predicted molar refractivity (Wildman–Crippen MR) is 133 cm³/mol. The van der Waals surface area contributed by atoms with Gasteiger partial charge in [-0.15, -0.1) is 0 Å². The Hall–Kier alpha value is -3.85. The monoisotopic (exact) mass is 494 g/mol. The lowest BCUT2D eigenvalue weighted by molar-refractivity contribution is -0.139. The normalized spacial score (nSPS) is 15.3. The third-order valence-corrected chi connectivity index (χ3v) is 6.66. The van der Waals surface area contributed by atoms with E-state index in [1.807, 2.05) is 18.2 Å². The Labute approximate surface area is 206 Å². The van der Waals surface area contributed by atoms with Crippen molar-refractivity contribution in [2.75, 3.05) is 27.9 Å². The van der Waals surface area contributed by atoms with Crippen molar-refractivity contribution < 1.29 is 23.7 Å². The molecule has 3 aromatic rings. The molecule has 0 spiro atoms. The summed E-state index contributed by atoms with van der Waals surface area (Å²) in [4.78, 5) is 31.9. The molecule has 35 heavy (non-hydrogen) atoms. The fourth-order valence-electron chi connectivity index (χ4n) is 4.07. The number of hydrogen-bond donors (Lipinski definition) is 0. The number of ether oxygens (including phenoxy) is 4. The Bertz CT molecular complexity index is 1480. The Morgan fingerprint density at radius 3 is 2.51 bits per heavy atom. The minimum atomic E-state index is -0.754. The van der Waals surface area contributed by atoms with Crippen LogP contribution in [0.3, 0.4) is 0 Å². The van der Waals surface area contributed by atoms with Gasteiger partial charge >= 0.3 is 5.97 Å². The Morgan fingerprint density at radius 2 is 1.83 bits per heavy atom. The smallest absolute Gasteiger partial charge is 0.338 e. The van der Waals surface area contributed by atoms with Crippen LogP contribution in [0.25, 0.3) is 6.08 Å². The Morgan fingerprint density at radius 1 is 1.09 bits per heavy atom. The molecule has 0 amide bonds. The van der Waals surface area contributed by atoms with Gasteiger partial charge in [0.1, 0.15) is 23.3 Å². The third-order valence-electron chi connectivity index (χ3n) is 5.67. The summed E-state index contributed by atoms with van der Waals surface area (Å²) in [6.07, 6.45) is 1.74. The van der Waals surface area contributed by atoms with E-state index in [-0.39, 0.29) is 12.2 Å². The van der Waals surface area contributed by atoms with E-state index in [0.717, 1.165) is 0 Å². The summed E-state index contributed by atoms with van der Waals surface area (Å²) in [5.41, 5.74) is 1.86. The van der Waals surface area contributed by atoms with Crippen LogP contribution >= 0.6 is 11.3 Å². The van der Waals surface area contributed by atoms with Crippen LogP contribution in [-0.4, -0.2) is 38.5 Å². The number of thiazole rings is 1. The first kappa shape index (κ1) is 24.3. The maximum Gasteiger partial charge on any atom is 0.338 e. The van der Waals surface area contributed by atoms with E-state index in [4.69, 9.17) is 18.9 Å². The quantitative estimate of drug-likeness (QED) is 0.470. The van der Waals surface area contributed by atoms with Crippen LogP contribution in [0.15, 0.2) is 63.5 Å². The number of carbonyl (C=O) groups excluding carboxylic acids is 1. The van der Waals surface area contributed by atoms with Gasteiger partial charge in [-0.25, -0.2) is 9.79 Å². The topological polar surface area (TPSA) is 88.4 Å². The highest BCUT2D eigenvalue weighted by atomic mass is 32.1. The van der Waals surface area contributed by atoms with Crippen molar-refractivity contribution in [1.82, 2.24) is 4.57 Å². The van der Waals surface area contributed by atoms with Crippen LogP contribution in [0.4, 0.5) is 0 Å².